The number of hydrogen-bond acceptors (Lipinski definition) is 1. The molecule has 0 spiro atoms. The summed E-state index contributed by atoms with van der Waals surface area (Å²) < 4.78 is 5.90. The standard InChI is InChI=1S/C24H46O/c1-3-5-7-19-25-20-24-17-15-23(16-18-24)14-13-22-11-9-21(10-12-22)8-6-4-2/h21-24H,3-20H2,1-2H3/t21-,22-,23-,24-. The summed E-state index contributed by atoms with van der Waals surface area (Å²) >= 11 is 0. The Kier molecular flexibility index (Phi) is 11.2. The van der Waals surface area contributed by atoms with E-state index in [2.05, 4.69) is 13.8 Å². The predicted octanol–water partition coefficient (Wildman–Crippen LogP) is 7.78. The van der Waals surface area contributed by atoms with Gasteiger partial charge in [-0.3, -0.25) is 0 Å². The van der Waals surface area contributed by atoms with Gasteiger partial charge in [-0.1, -0.05) is 97.3 Å². The normalized spacial score (nSPS) is 30.5. The van der Waals surface area contributed by atoms with Crippen LogP contribution in [0.2, 0.25) is 0 Å². The highest BCUT2D eigenvalue weighted by atomic mass is 16.5. The van der Waals surface area contributed by atoms with Gasteiger partial charge in [-0.05, 0) is 42.9 Å². The third-order valence-corrected chi connectivity index (χ3v) is 7.13. The first-order chi connectivity index (χ1) is 12.3. The van der Waals surface area contributed by atoms with Crippen LogP contribution in [0, 0.1) is 23.7 Å². The van der Waals surface area contributed by atoms with Crippen molar-refractivity contribution in [1.29, 1.82) is 0 Å². The molecule has 0 atom stereocenters. The van der Waals surface area contributed by atoms with Crippen molar-refractivity contribution in [1.82, 2.24) is 0 Å². The summed E-state index contributed by atoms with van der Waals surface area (Å²) in [4.78, 5) is 0. The average Bonchev–Trinajstić information content (AvgIpc) is 2.66. The first-order valence-corrected chi connectivity index (χ1v) is 11.9. The van der Waals surface area contributed by atoms with Crippen molar-refractivity contribution in [3.63, 3.8) is 0 Å². The van der Waals surface area contributed by atoms with Crippen LogP contribution < -0.4 is 0 Å². The molecule has 0 aromatic rings. The Bertz CT molecular complexity index is 297. The van der Waals surface area contributed by atoms with Gasteiger partial charge in [0.05, 0.1) is 0 Å². The highest BCUT2D eigenvalue weighted by molar-refractivity contribution is 4.76. The quantitative estimate of drug-likeness (QED) is 0.326. The Morgan fingerprint density at radius 3 is 1.56 bits per heavy atom. The summed E-state index contributed by atoms with van der Waals surface area (Å²) in [6.07, 6.45) is 23.3. The van der Waals surface area contributed by atoms with Crippen LogP contribution in [0.1, 0.15) is 117 Å². The first kappa shape index (κ1) is 21.3. The molecule has 0 aromatic carbocycles. The van der Waals surface area contributed by atoms with Gasteiger partial charge in [-0.25, -0.2) is 0 Å². The lowest BCUT2D eigenvalue weighted by molar-refractivity contribution is 0.0736. The fourth-order valence-corrected chi connectivity index (χ4v) is 5.16. The van der Waals surface area contributed by atoms with Gasteiger partial charge in [0.25, 0.3) is 0 Å². The highest BCUT2D eigenvalue weighted by Crippen LogP contribution is 2.37. The van der Waals surface area contributed by atoms with Crippen molar-refractivity contribution in [2.75, 3.05) is 13.2 Å². The number of rotatable bonds is 12. The van der Waals surface area contributed by atoms with Gasteiger partial charge in [0.15, 0.2) is 0 Å². The molecule has 1 nitrogen and oxygen atoms in total. The van der Waals surface area contributed by atoms with Gasteiger partial charge in [0, 0.05) is 13.2 Å². The molecule has 2 aliphatic rings. The van der Waals surface area contributed by atoms with E-state index >= 15 is 0 Å². The summed E-state index contributed by atoms with van der Waals surface area (Å²) in [7, 11) is 0. The molecular weight excluding hydrogens is 304 g/mol. The second-order valence-electron chi connectivity index (χ2n) is 9.28. The molecule has 2 fully saturated rings. The summed E-state index contributed by atoms with van der Waals surface area (Å²) in [6.45, 7) is 6.63. The zero-order valence-corrected chi connectivity index (χ0v) is 17.4. The van der Waals surface area contributed by atoms with Crippen molar-refractivity contribution in [2.45, 2.75) is 117 Å². The maximum absolute atomic E-state index is 5.90. The lowest BCUT2D eigenvalue weighted by atomic mass is 9.75. The van der Waals surface area contributed by atoms with Crippen LogP contribution >= 0.6 is 0 Å². The Labute approximate surface area is 158 Å². The van der Waals surface area contributed by atoms with Gasteiger partial charge < -0.3 is 4.74 Å². The van der Waals surface area contributed by atoms with Crippen LogP contribution in [0.15, 0.2) is 0 Å². The Morgan fingerprint density at radius 1 is 0.560 bits per heavy atom. The second-order valence-corrected chi connectivity index (χ2v) is 9.28. The van der Waals surface area contributed by atoms with Crippen molar-refractivity contribution >= 4 is 0 Å². The van der Waals surface area contributed by atoms with Gasteiger partial charge >= 0.3 is 0 Å². The van der Waals surface area contributed by atoms with Crippen molar-refractivity contribution in [2.24, 2.45) is 23.7 Å². The maximum atomic E-state index is 5.90. The summed E-state index contributed by atoms with van der Waals surface area (Å²) in [6, 6.07) is 0. The lowest BCUT2D eigenvalue weighted by Crippen LogP contribution is -2.20. The molecule has 0 radical (unpaired) electrons. The molecule has 0 unspecified atom stereocenters. The van der Waals surface area contributed by atoms with Crippen LogP contribution in [-0.2, 0) is 4.74 Å². The molecule has 25 heavy (non-hydrogen) atoms. The SMILES string of the molecule is CCCCCOC[C@H]1CC[C@H](CC[C@H]2CC[C@H](CCCC)CC2)CC1. The molecule has 1 heteroatoms. The molecule has 0 aromatic heterocycles. The van der Waals surface area contributed by atoms with Crippen LogP contribution in [0.25, 0.3) is 0 Å². The van der Waals surface area contributed by atoms with Crippen molar-refractivity contribution in [3.05, 3.63) is 0 Å². The minimum Gasteiger partial charge on any atom is -0.381 e. The summed E-state index contributed by atoms with van der Waals surface area (Å²) in [5.41, 5.74) is 0. The molecule has 0 amide bonds. The minimum absolute atomic E-state index is 0.867. The maximum Gasteiger partial charge on any atom is 0.0494 e. The Balaban J connectivity index is 1.47. The largest absolute Gasteiger partial charge is 0.381 e. The number of hydrogen-bond donors (Lipinski definition) is 0. The molecule has 2 aliphatic carbocycles. The van der Waals surface area contributed by atoms with Gasteiger partial charge in [0.2, 0.25) is 0 Å². The smallest absolute Gasteiger partial charge is 0.0494 e. The molecule has 0 bridgehead atoms. The molecule has 0 aliphatic heterocycles. The van der Waals surface area contributed by atoms with Crippen LogP contribution in [0.4, 0.5) is 0 Å². The lowest BCUT2D eigenvalue weighted by Gasteiger charge is -2.32. The topological polar surface area (TPSA) is 9.23 Å². The highest BCUT2D eigenvalue weighted by Gasteiger charge is 2.24. The Morgan fingerprint density at radius 2 is 1.04 bits per heavy atom. The molecule has 0 saturated heterocycles. The molecule has 0 heterocycles. The van der Waals surface area contributed by atoms with Gasteiger partial charge in [0.1, 0.15) is 0 Å². The number of ether oxygens (including phenoxy) is 1. The molecular formula is C24H46O. The molecule has 148 valence electrons. The fraction of sp³-hybridized carbons (Fsp3) is 1.00. The van der Waals surface area contributed by atoms with E-state index in [1.165, 1.54) is 103 Å². The van der Waals surface area contributed by atoms with Crippen LogP contribution in [0.5, 0.6) is 0 Å². The van der Waals surface area contributed by atoms with Crippen molar-refractivity contribution < 1.29 is 4.74 Å². The van der Waals surface area contributed by atoms with Gasteiger partial charge in [-0.2, -0.15) is 0 Å². The van der Waals surface area contributed by atoms with Gasteiger partial charge in [-0.15, -0.1) is 0 Å². The summed E-state index contributed by atoms with van der Waals surface area (Å²) in [5.74, 6) is 4.04. The monoisotopic (exact) mass is 350 g/mol. The van der Waals surface area contributed by atoms with Crippen LogP contribution in [0.3, 0.4) is 0 Å². The number of unbranched alkanes of at least 4 members (excludes halogenated alkanes) is 3. The third-order valence-electron chi connectivity index (χ3n) is 7.13. The van der Waals surface area contributed by atoms with Crippen molar-refractivity contribution in [3.8, 4) is 0 Å². The Hall–Kier alpha value is -0.0400. The van der Waals surface area contributed by atoms with E-state index in [1.54, 1.807) is 0 Å². The average molecular weight is 351 g/mol. The van der Waals surface area contributed by atoms with Crippen LogP contribution in [-0.4, -0.2) is 13.2 Å². The van der Waals surface area contributed by atoms with E-state index in [0.29, 0.717) is 0 Å². The molecule has 2 rings (SSSR count). The zero-order valence-electron chi connectivity index (χ0n) is 17.4. The second kappa shape index (κ2) is 13.2. The van der Waals surface area contributed by atoms with E-state index in [9.17, 15) is 0 Å². The van der Waals surface area contributed by atoms with E-state index in [4.69, 9.17) is 4.74 Å². The van der Waals surface area contributed by atoms with E-state index in [1.807, 2.05) is 0 Å². The third kappa shape index (κ3) is 8.94. The zero-order chi connectivity index (χ0) is 17.7. The summed E-state index contributed by atoms with van der Waals surface area (Å²) in [5, 5.41) is 0. The van der Waals surface area contributed by atoms with E-state index < -0.39 is 0 Å². The fourth-order valence-electron chi connectivity index (χ4n) is 5.16. The minimum atomic E-state index is 0.867. The van der Waals surface area contributed by atoms with E-state index in [0.717, 1.165) is 36.9 Å². The predicted molar refractivity (Wildman–Crippen MR) is 110 cm³/mol. The molecule has 0 N–H and O–H groups in total. The van der Waals surface area contributed by atoms with E-state index in [-0.39, 0.29) is 0 Å². The first-order valence-electron chi connectivity index (χ1n) is 11.9. The molecule has 2 saturated carbocycles.